The monoisotopic (exact) mass is 353 g/mol. The van der Waals surface area contributed by atoms with Crippen molar-refractivity contribution in [2.75, 3.05) is 13.7 Å². The molecule has 8 nitrogen and oxygen atoms in total. The largest absolute Gasteiger partial charge is 0.497 e. The lowest BCUT2D eigenvalue weighted by Crippen LogP contribution is -2.35. The molecule has 0 spiro atoms. The number of ether oxygens (including phenoxy) is 1. The second-order valence-electron chi connectivity index (χ2n) is 4.99. The van der Waals surface area contributed by atoms with Gasteiger partial charge in [-0.25, -0.2) is 13.9 Å². The van der Waals surface area contributed by atoms with Gasteiger partial charge in [-0.2, -0.15) is 4.31 Å². The highest BCUT2D eigenvalue weighted by Gasteiger charge is 2.28. The van der Waals surface area contributed by atoms with Gasteiger partial charge >= 0.3 is 0 Å². The zero-order valence-corrected chi connectivity index (χ0v) is 13.9. The minimum absolute atomic E-state index is 0.181. The van der Waals surface area contributed by atoms with Gasteiger partial charge in [0.1, 0.15) is 5.75 Å². The zero-order chi connectivity index (χ0) is 17.6. The van der Waals surface area contributed by atoms with Gasteiger partial charge in [-0.05, 0) is 42.3 Å². The molecule has 2 aromatic rings. The maximum Gasteiger partial charge on any atom is 0.243 e. The third-order valence-corrected chi connectivity index (χ3v) is 5.50. The predicted octanol–water partition coefficient (Wildman–Crippen LogP) is 0.892. The Morgan fingerprint density at radius 2 is 1.96 bits per heavy atom. The molecule has 3 rings (SSSR count). The van der Waals surface area contributed by atoms with E-state index in [1.165, 1.54) is 15.3 Å². The summed E-state index contributed by atoms with van der Waals surface area (Å²) >= 11 is 0. The summed E-state index contributed by atoms with van der Waals surface area (Å²) in [5, 5.41) is 7.26. The molecule has 0 radical (unpaired) electrons. The van der Waals surface area contributed by atoms with E-state index in [-0.39, 0.29) is 6.41 Å². The quantitative estimate of drug-likeness (QED) is 0.429. The SMILES string of the molecule is COc1ccc(S(=O)(=O)N2CCc3cc[nH]c3C2)cc1.O=CNO. The lowest BCUT2D eigenvalue weighted by Gasteiger charge is -2.26. The molecular formula is C15H19N3O5S. The first-order valence-corrected chi connectivity index (χ1v) is 8.59. The number of amides is 1. The summed E-state index contributed by atoms with van der Waals surface area (Å²) in [6, 6.07) is 8.50. The van der Waals surface area contributed by atoms with Crippen molar-refractivity contribution < 1.29 is 23.2 Å². The number of aromatic nitrogens is 1. The Morgan fingerprint density at radius 1 is 1.29 bits per heavy atom. The molecule has 1 aromatic heterocycles. The van der Waals surface area contributed by atoms with E-state index in [2.05, 4.69) is 4.98 Å². The second-order valence-corrected chi connectivity index (χ2v) is 6.93. The van der Waals surface area contributed by atoms with Gasteiger partial charge in [-0.3, -0.25) is 10.0 Å². The third kappa shape index (κ3) is 3.94. The Bertz CT molecular complexity index is 771. The lowest BCUT2D eigenvalue weighted by molar-refractivity contribution is -0.116. The smallest absolute Gasteiger partial charge is 0.243 e. The molecule has 1 aromatic carbocycles. The van der Waals surface area contributed by atoms with E-state index in [1.54, 1.807) is 31.4 Å². The highest BCUT2D eigenvalue weighted by Crippen LogP contribution is 2.25. The van der Waals surface area contributed by atoms with Gasteiger partial charge in [0.2, 0.25) is 16.4 Å². The van der Waals surface area contributed by atoms with Crippen LogP contribution in [0.15, 0.2) is 41.4 Å². The van der Waals surface area contributed by atoms with Crippen LogP contribution >= 0.6 is 0 Å². The summed E-state index contributed by atoms with van der Waals surface area (Å²) in [6.07, 6.45) is 2.78. The lowest BCUT2D eigenvalue weighted by atomic mass is 10.1. The molecule has 0 saturated heterocycles. The fourth-order valence-corrected chi connectivity index (χ4v) is 3.83. The zero-order valence-electron chi connectivity index (χ0n) is 13.1. The summed E-state index contributed by atoms with van der Waals surface area (Å²) in [4.78, 5) is 12.2. The van der Waals surface area contributed by atoms with Crippen LogP contribution in [0.4, 0.5) is 0 Å². The number of sulfonamides is 1. The van der Waals surface area contributed by atoms with Gasteiger partial charge in [0.15, 0.2) is 0 Å². The first kappa shape index (κ1) is 18.0. The molecule has 2 heterocycles. The Balaban J connectivity index is 0.000000471. The van der Waals surface area contributed by atoms with Crippen molar-refractivity contribution in [3.63, 3.8) is 0 Å². The highest BCUT2D eigenvalue weighted by molar-refractivity contribution is 7.89. The number of benzene rings is 1. The number of carbonyl (C=O) groups excluding carboxylic acids is 1. The summed E-state index contributed by atoms with van der Waals surface area (Å²) in [5.74, 6) is 0.647. The average molecular weight is 353 g/mol. The van der Waals surface area contributed by atoms with Crippen LogP contribution in [0.5, 0.6) is 5.75 Å². The maximum atomic E-state index is 12.6. The van der Waals surface area contributed by atoms with Crippen molar-refractivity contribution in [2.24, 2.45) is 0 Å². The summed E-state index contributed by atoms with van der Waals surface area (Å²) < 4.78 is 31.7. The summed E-state index contributed by atoms with van der Waals surface area (Å²) in [7, 11) is -1.89. The highest BCUT2D eigenvalue weighted by atomic mass is 32.2. The topological polar surface area (TPSA) is 112 Å². The van der Waals surface area contributed by atoms with Gasteiger partial charge < -0.3 is 9.72 Å². The Hall–Kier alpha value is -2.36. The molecule has 0 atom stereocenters. The number of nitrogens with zero attached hydrogens (tertiary/aromatic N) is 1. The molecule has 1 amide bonds. The number of methoxy groups -OCH3 is 1. The number of H-pyrrole nitrogens is 1. The first-order valence-electron chi connectivity index (χ1n) is 7.15. The predicted molar refractivity (Wildman–Crippen MR) is 86.1 cm³/mol. The van der Waals surface area contributed by atoms with Crippen LogP contribution in [-0.2, 0) is 27.8 Å². The molecule has 3 N–H and O–H groups in total. The Morgan fingerprint density at radius 3 is 2.54 bits per heavy atom. The summed E-state index contributed by atoms with van der Waals surface area (Å²) in [5.41, 5.74) is 3.43. The van der Waals surface area contributed by atoms with Crippen molar-refractivity contribution in [3.05, 3.63) is 47.8 Å². The van der Waals surface area contributed by atoms with Crippen molar-refractivity contribution in [2.45, 2.75) is 17.9 Å². The molecule has 0 bridgehead atoms. The molecule has 0 saturated carbocycles. The standard InChI is InChI=1S/C14H16N2O3S.CH3NO2/c1-19-12-2-4-13(5-3-12)20(17,18)16-9-7-11-6-8-15-14(11)10-16;3-1-2-4/h2-6,8,15H,7,9-10H2,1H3;1,4H,(H,2,3). The molecule has 0 unspecified atom stereocenters. The van der Waals surface area contributed by atoms with E-state index in [0.29, 0.717) is 23.7 Å². The normalized spacial score (nSPS) is 14.1. The van der Waals surface area contributed by atoms with Crippen LogP contribution in [0.25, 0.3) is 0 Å². The van der Waals surface area contributed by atoms with E-state index >= 15 is 0 Å². The fraction of sp³-hybridized carbons (Fsp3) is 0.267. The van der Waals surface area contributed by atoms with Crippen LogP contribution in [0.3, 0.4) is 0 Å². The van der Waals surface area contributed by atoms with Gasteiger partial charge in [0, 0.05) is 18.4 Å². The molecule has 1 aliphatic heterocycles. The number of carbonyl (C=O) groups is 1. The van der Waals surface area contributed by atoms with Crippen molar-refractivity contribution in [1.29, 1.82) is 0 Å². The van der Waals surface area contributed by atoms with Crippen molar-refractivity contribution in [1.82, 2.24) is 14.8 Å². The van der Waals surface area contributed by atoms with E-state index < -0.39 is 10.0 Å². The van der Waals surface area contributed by atoms with Crippen molar-refractivity contribution >= 4 is 16.4 Å². The third-order valence-electron chi connectivity index (χ3n) is 3.64. The molecular weight excluding hydrogens is 334 g/mol. The Labute approximate surface area is 140 Å². The molecule has 130 valence electrons. The van der Waals surface area contributed by atoms with Crippen LogP contribution in [-0.4, -0.2) is 43.0 Å². The minimum atomic E-state index is -3.45. The minimum Gasteiger partial charge on any atom is -0.497 e. The number of hydrogen-bond donors (Lipinski definition) is 3. The van der Waals surface area contributed by atoms with E-state index in [9.17, 15) is 8.42 Å². The number of aromatic amines is 1. The summed E-state index contributed by atoms with van der Waals surface area (Å²) in [6.45, 7) is 0.913. The number of hydroxylamine groups is 1. The molecule has 0 aliphatic carbocycles. The molecule has 9 heteroatoms. The average Bonchev–Trinajstić information content (AvgIpc) is 3.09. The van der Waals surface area contributed by atoms with Gasteiger partial charge in [0.05, 0.1) is 18.6 Å². The second kappa shape index (κ2) is 7.95. The Kier molecular flexibility index (Phi) is 5.96. The van der Waals surface area contributed by atoms with E-state index in [4.69, 9.17) is 14.7 Å². The van der Waals surface area contributed by atoms with Crippen LogP contribution < -0.4 is 10.2 Å². The van der Waals surface area contributed by atoms with E-state index in [0.717, 1.165) is 12.1 Å². The fourth-order valence-electron chi connectivity index (χ4n) is 2.42. The maximum absolute atomic E-state index is 12.6. The van der Waals surface area contributed by atoms with Gasteiger partial charge in [0.25, 0.3) is 0 Å². The van der Waals surface area contributed by atoms with Crippen LogP contribution in [0, 0.1) is 0 Å². The number of hydrogen-bond acceptors (Lipinski definition) is 5. The van der Waals surface area contributed by atoms with Gasteiger partial charge in [-0.1, -0.05) is 0 Å². The molecule has 24 heavy (non-hydrogen) atoms. The number of nitrogens with one attached hydrogen (secondary N) is 2. The van der Waals surface area contributed by atoms with Crippen LogP contribution in [0.1, 0.15) is 11.3 Å². The van der Waals surface area contributed by atoms with E-state index in [1.807, 2.05) is 12.3 Å². The van der Waals surface area contributed by atoms with Gasteiger partial charge in [-0.15, -0.1) is 0 Å². The molecule has 1 aliphatic rings. The first-order chi connectivity index (χ1) is 11.5. The number of fused-ring (bicyclic) bond motifs is 1. The molecule has 0 fully saturated rings. The number of rotatable bonds is 4. The van der Waals surface area contributed by atoms with Crippen molar-refractivity contribution in [3.8, 4) is 5.75 Å². The van der Waals surface area contributed by atoms with Crippen LogP contribution in [0.2, 0.25) is 0 Å².